The fourth-order valence-corrected chi connectivity index (χ4v) is 4.84. The average molecular weight is 480 g/mol. The molecule has 34 heavy (non-hydrogen) atoms. The van der Waals surface area contributed by atoms with Gasteiger partial charge in [0.25, 0.3) is 0 Å². The maximum Gasteiger partial charge on any atom is 0.243 e. The summed E-state index contributed by atoms with van der Waals surface area (Å²) in [6.07, 6.45) is 3.05. The number of amides is 4. The lowest BCUT2D eigenvalue weighted by atomic mass is 10.1. The lowest BCUT2D eigenvalue weighted by Crippen LogP contribution is -2.53. The fraction of sp³-hybridized carbons (Fsp3) is 0.783. The Morgan fingerprint density at radius 3 is 2.18 bits per heavy atom. The SMILES string of the molecule is CC(=O)[C@@H]1CCCN1C(=O)CNC(=O)[C@H](C)NC(=O)[C@@H]1CCCN1C(=O)CCN1CCOCC1. The molecule has 3 rings (SSSR count). The van der Waals surface area contributed by atoms with Crippen molar-refractivity contribution in [3.8, 4) is 0 Å². The molecule has 0 aliphatic carbocycles. The highest BCUT2D eigenvalue weighted by molar-refractivity contribution is 5.94. The number of ketones is 1. The van der Waals surface area contributed by atoms with Crippen molar-refractivity contribution in [2.45, 2.75) is 64.1 Å². The minimum Gasteiger partial charge on any atom is -0.379 e. The van der Waals surface area contributed by atoms with Gasteiger partial charge in [-0.15, -0.1) is 0 Å². The van der Waals surface area contributed by atoms with Crippen LogP contribution in [0.4, 0.5) is 0 Å². The quantitative estimate of drug-likeness (QED) is 0.430. The summed E-state index contributed by atoms with van der Waals surface area (Å²) < 4.78 is 5.32. The molecule has 0 aromatic rings. The number of likely N-dealkylation sites (tertiary alicyclic amines) is 2. The molecule has 3 heterocycles. The number of carbonyl (C=O) groups excluding carboxylic acids is 5. The third-order valence-corrected chi connectivity index (χ3v) is 6.83. The summed E-state index contributed by atoms with van der Waals surface area (Å²) in [4.78, 5) is 67.4. The van der Waals surface area contributed by atoms with E-state index in [1.54, 1.807) is 11.8 Å². The first-order chi connectivity index (χ1) is 16.3. The predicted octanol–water partition coefficient (Wildman–Crippen LogP) is -1.10. The van der Waals surface area contributed by atoms with Crippen molar-refractivity contribution >= 4 is 29.4 Å². The molecule has 3 atom stereocenters. The van der Waals surface area contributed by atoms with Gasteiger partial charge in [0.2, 0.25) is 23.6 Å². The van der Waals surface area contributed by atoms with Crippen LogP contribution in [0.25, 0.3) is 0 Å². The number of hydrogen-bond acceptors (Lipinski definition) is 7. The molecule has 0 saturated carbocycles. The number of hydrogen-bond donors (Lipinski definition) is 2. The third kappa shape index (κ3) is 6.75. The summed E-state index contributed by atoms with van der Waals surface area (Å²) in [5, 5.41) is 5.23. The summed E-state index contributed by atoms with van der Waals surface area (Å²) in [7, 11) is 0. The topological polar surface area (TPSA) is 128 Å². The van der Waals surface area contributed by atoms with E-state index >= 15 is 0 Å². The summed E-state index contributed by atoms with van der Waals surface area (Å²) in [6.45, 7) is 7.41. The largest absolute Gasteiger partial charge is 0.379 e. The molecule has 3 aliphatic heterocycles. The molecule has 2 N–H and O–H groups in total. The van der Waals surface area contributed by atoms with Gasteiger partial charge in [-0.25, -0.2) is 0 Å². The molecule has 0 unspecified atom stereocenters. The highest BCUT2D eigenvalue weighted by atomic mass is 16.5. The minimum absolute atomic E-state index is 0.0570. The Kier molecular flexibility index (Phi) is 9.40. The van der Waals surface area contributed by atoms with Crippen LogP contribution >= 0.6 is 0 Å². The van der Waals surface area contributed by atoms with Gasteiger partial charge in [-0.1, -0.05) is 0 Å². The molecule has 11 nitrogen and oxygen atoms in total. The van der Waals surface area contributed by atoms with Gasteiger partial charge in [0.15, 0.2) is 5.78 Å². The maximum atomic E-state index is 12.8. The van der Waals surface area contributed by atoms with E-state index in [2.05, 4.69) is 15.5 Å². The summed E-state index contributed by atoms with van der Waals surface area (Å²) >= 11 is 0. The molecule has 0 bridgehead atoms. The maximum absolute atomic E-state index is 12.8. The second kappa shape index (κ2) is 12.3. The highest BCUT2D eigenvalue weighted by Crippen LogP contribution is 2.19. The molecule has 0 radical (unpaired) electrons. The fourth-order valence-electron chi connectivity index (χ4n) is 4.84. The zero-order chi connectivity index (χ0) is 24.7. The summed E-state index contributed by atoms with van der Waals surface area (Å²) in [5.41, 5.74) is 0. The molecule has 3 saturated heterocycles. The van der Waals surface area contributed by atoms with E-state index in [1.807, 2.05) is 0 Å². The molecule has 4 amide bonds. The molecule has 190 valence electrons. The van der Waals surface area contributed by atoms with E-state index in [4.69, 9.17) is 4.74 Å². The Bertz CT molecular complexity index is 784. The van der Waals surface area contributed by atoms with E-state index in [-0.39, 0.29) is 30.0 Å². The number of carbonyl (C=O) groups is 5. The van der Waals surface area contributed by atoms with Crippen molar-refractivity contribution < 1.29 is 28.7 Å². The molecule has 0 spiro atoms. The molecule has 3 aliphatic rings. The van der Waals surface area contributed by atoms with Crippen LogP contribution in [0.1, 0.15) is 46.0 Å². The summed E-state index contributed by atoms with van der Waals surface area (Å²) in [5.74, 6) is -1.26. The Hall–Kier alpha value is -2.53. The van der Waals surface area contributed by atoms with Gasteiger partial charge in [0.05, 0.1) is 25.8 Å². The number of nitrogens with one attached hydrogen (secondary N) is 2. The second-order valence-corrected chi connectivity index (χ2v) is 9.25. The Balaban J connectivity index is 1.43. The molecule has 0 aromatic carbocycles. The van der Waals surface area contributed by atoms with Gasteiger partial charge in [0, 0.05) is 39.1 Å². The monoisotopic (exact) mass is 479 g/mol. The minimum atomic E-state index is -0.853. The number of nitrogens with zero attached hydrogens (tertiary/aromatic N) is 3. The molecule has 11 heteroatoms. The van der Waals surface area contributed by atoms with E-state index in [9.17, 15) is 24.0 Å². The van der Waals surface area contributed by atoms with E-state index in [0.717, 1.165) is 25.9 Å². The second-order valence-electron chi connectivity index (χ2n) is 9.25. The van der Waals surface area contributed by atoms with Crippen LogP contribution in [0.5, 0.6) is 0 Å². The van der Waals surface area contributed by atoms with Crippen LogP contribution in [-0.4, -0.2) is 115 Å². The van der Waals surface area contributed by atoms with Crippen LogP contribution in [0.15, 0.2) is 0 Å². The number of ether oxygens (including phenoxy) is 1. The zero-order valence-electron chi connectivity index (χ0n) is 20.2. The van der Waals surface area contributed by atoms with Gasteiger partial charge in [0.1, 0.15) is 12.1 Å². The lowest BCUT2D eigenvalue weighted by molar-refractivity contribution is -0.140. The number of rotatable bonds is 9. The normalized spacial score (nSPS) is 24.1. The van der Waals surface area contributed by atoms with E-state index in [1.165, 1.54) is 11.8 Å². The standard InChI is InChI=1S/C23H37N5O6/c1-16(22(32)24-15-21(31)27-8-3-5-18(27)17(2)29)25-23(33)19-6-4-9-28(19)20(30)7-10-26-11-13-34-14-12-26/h16,18-19H,3-15H2,1-2H3,(H,24,32)(H,25,33)/t16-,18-,19-/m0/s1. The first-order valence-corrected chi connectivity index (χ1v) is 12.3. The predicted molar refractivity (Wildman–Crippen MR) is 123 cm³/mol. The molecule has 3 fully saturated rings. The van der Waals surface area contributed by atoms with E-state index < -0.39 is 24.0 Å². The van der Waals surface area contributed by atoms with Gasteiger partial charge >= 0.3 is 0 Å². The first-order valence-electron chi connectivity index (χ1n) is 12.3. The van der Waals surface area contributed by atoms with Crippen molar-refractivity contribution in [3.63, 3.8) is 0 Å². The van der Waals surface area contributed by atoms with Gasteiger partial charge in [-0.3, -0.25) is 28.9 Å². The van der Waals surface area contributed by atoms with Gasteiger partial charge in [-0.05, 0) is 39.5 Å². The van der Waals surface area contributed by atoms with Crippen LogP contribution in [-0.2, 0) is 28.7 Å². The van der Waals surface area contributed by atoms with Crippen LogP contribution in [0.3, 0.4) is 0 Å². The molecule has 0 aromatic heterocycles. The lowest BCUT2D eigenvalue weighted by Gasteiger charge is -2.29. The van der Waals surface area contributed by atoms with Crippen molar-refractivity contribution in [1.29, 1.82) is 0 Å². The Labute approximate surface area is 200 Å². The van der Waals surface area contributed by atoms with Crippen LogP contribution < -0.4 is 10.6 Å². The molecular weight excluding hydrogens is 442 g/mol. The average Bonchev–Trinajstić information content (AvgIpc) is 3.51. The Morgan fingerprint density at radius 1 is 0.912 bits per heavy atom. The van der Waals surface area contributed by atoms with Crippen LogP contribution in [0.2, 0.25) is 0 Å². The van der Waals surface area contributed by atoms with Gasteiger partial charge in [-0.2, -0.15) is 0 Å². The Morgan fingerprint density at radius 2 is 1.53 bits per heavy atom. The van der Waals surface area contributed by atoms with Crippen molar-refractivity contribution in [2.24, 2.45) is 0 Å². The summed E-state index contributed by atoms with van der Waals surface area (Å²) in [6, 6.07) is -1.86. The van der Waals surface area contributed by atoms with Crippen molar-refractivity contribution in [1.82, 2.24) is 25.3 Å². The number of Topliss-reactive ketones (excluding diaryl/α,β-unsaturated/α-hetero) is 1. The smallest absolute Gasteiger partial charge is 0.243 e. The first kappa shape index (κ1) is 26.1. The van der Waals surface area contributed by atoms with Gasteiger partial charge < -0.3 is 25.2 Å². The van der Waals surface area contributed by atoms with Crippen molar-refractivity contribution in [3.05, 3.63) is 0 Å². The highest BCUT2D eigenvalue weighted by Gasteiger charge is 2.35. The zero-order valence-corrected chi connectivity index (χ0v) is 20.2. The molecular formula is C23H37N5O6. The number of morpholine rings is 1. The van der Waals surface area contributed by atoms with E-state index in [0.29, 0.717) is 52.1 Å². The third-order valence-electron chi connectivity index (χ3n) is 6.83. The van der Waals surface area contributed by atoms with Crippen molar-refractivity contribution in [2.75, 3.05) is 52.5 Å². The van der Waals surface area contributed by atoms with Crippen LogP contribution in [0, 0.1) is 0 Å².